The van der Waals surface area contributed by atoms with E-state index in [-0.39, 0.29) is 0 Å². The van der Waals surface area contributed by atoms with Crippen molar-refractivity contribution < 1.29 is 0 Å². The molecule has 1 nitrogen and oxygen atoms in total. The van der Waals surface area contributed by atoms with Crippen molar-refractivity contribution in [1.29, 1.82) is 0 Å². The molecule has 0 atom stereocenters. The van der Waals surface area contributed by atoms with Gasteiger partial charge in [0.05, 0.1) is 0 Å². The summed E-state index contributed by atoms with van der Waals surface area (Å²) in [6, 6.07) is 7.81. The molecule has 0 aliphatic rings. The number of hydrogen-bond acceptors (Lipinski definition) is 1. The minimum absolute atomic E-state index is 0.819. The molecular weight excluding hydrogens is 158 g/mol. The average molecular weight is 177 g/mol. The second-order valence-corrected chi connectivity index (χ2v) is 2.54. The highest BCUT2D eigenvalue weighted by molar-refractivity contribution is 5.73. The Hall–Kier alpha value is -1.24. The van der Waals surface area contributed by atoms with Gasteiger partial charge in [-0.15, -0.1) is 0 Å². The summed E-state index contributed by atoms with van der Waals surface area (Å²) in [5.41, 5.74) is 8.73. The van der Waals surface area contributed by atoms with Crippen molar-refractivity contribution in [1.82, 2.24) is 0 Å². The third-order valence-electron chi connectivity index (χ3n) is 1.77. The molecule has 0 aromatic heterocycles. The number of para-hydroxylation sites is 1. The molecule has 72 valence electrons. The number of hydrogen-bond donors (Lipinski definition) is 1. The molecule has 1 aromatic carbocycles. The maximum Gasteiger partial charge on any atom is 0.0390 e. The summed E-state index contributed by atoms with van der Waals surface area (Å²) in [4.78, 5) is 0. The van der Waals surface area contributed by atoms with Crippen LogP contribution in [0.2, 0.25) is 0 Å². The van der Waals surface area contributed by atoms with Gasteiger partial charge >= 0.3 is 0 Å². The van der Waals surface area contributed by atoms with E-state index in [1.165, 1.54) is 0 Å². The van der Waals surface area contributed by atoms with E-state index in [4.69, 9.17) is 5.73 Å². The van der Waals surface area contributed by atoms with E-state index >= 15 is 0 Å². The number of anilines is 1. The molecule has 1 rings (SSSR count). The van der Waals surface area contributed by atoms with Gasteiger partial charge in [0.2, 0.25) is 0 Å². The van der Waals surface area contributed by atoms with Crippen LogP contribution in [0.25, 0.3) is 5.57 Å². The van der Waals surface area contributed by atoms with Gasteiger partial charge in [0.25, 0.3) is 0 Å². The van der Waals surface area contributed by atoms with Gasteiger partial charge in [-0.2, -0.15) is 0 Å². The number of benzene rings is 1. The van der Waals surface area contributed by atoms with Gasteiger partial charge in [0, 0.05) is 5.69 Å². The molecule has 0 aliphatic heterocycles. The van der Waals surface area contributed by atoms with Gasteiger partial charge in [-0.1, -0.05) is 45.5 Å². The van der Waals surface area contributed by atoms with Gasteiger partial charge in [-0.25, -0.2) is 0 Å². The van der Waals surface area contributed by atoms with E-state index in [0.29, 0.717) is 0 Å². The molecule has 0 saturated carbocycles. The van der Waals surface area contributed by atoms with Crippen molar-refractivity contribution in [2.45, 2.75) is 27.2 Å². The van der Waals surface area contributed by atoms with E-state index in [2.05, 4.69) is 13.5 Å². The molecule has 0 fully saturated rings. The van der Waals surface area contributed by atoms with Crippen LogP contribution in [0.1, 0.15) is 32.8 Å². The zero-order valence-electron chi connectivity index (χ0n) is 8.80. The van der Waals surface area contributed by atoms with Gasteiger partial charge in [0.15, 0.2) is 0 Å². The predicted molar refractivity (Wildman–Crippen MR) is 61.5 cm³/mol. The largest absolute Gasteiger partial charge is 0.398 e. The molecular formula is C12H19N. The van der Waals surface area contributed by atoms with E-state index in [9.17, 15) is 0 Å². The van der Waals surface area contributed by atoms with Crippen molar-refractivity contribution in [3.8, 4) is 0 Å². The fourth-order valence-electron chi connectivity index (χ4n) is 1.01. The van der Waals surface area contributed by atoms with Crippen LogP contribution in [-0.2, 0) is 0 Å². The molecule has 0 spiro atoms. The van der Waals surface area contributed by atoms with Crippen LogP contribution in [0, 0.1) is 0 Å². The monoisotopic (exact) mass is 177 g/mol. The number of nitrogens with two attached hydrogens (primary N) is 1. The molecule has 0 unspecified atom stereocenters. The lowest BCUT2D eigenvalue weighted by atomic mass is 10.0. The Morgan fingerprint density at radius 3 is 2.31 bits per heavy atom. The van der Waals surface area contributed by atoms with Crippen molar-refractivity contribution in [2.24, 2.45) is 0 Å². The summed E-state index contributed by atoms with van der Waals surface area (Å²) in [6.07, 6.45) is 0.953. The zero-order chi connectivity index (χ0) is 10.3. The first-order valence-electron chi connectivity index (χ1n) is 4.78. The van der Waals surface area contributed by atoms with Crippen molar-refractivity contribution in [3.05, 3.63) is 36.4 Å². The van der Waals surface area contributed by atoms with Crippen molar-refractivity contribution >= 4 is 11.3 Å². The van der Waals surface area contributed by atoms with Gasteiger partial charge in [0.1, 0.15) is 0 Å². The van der Waals surface area contributed by atoms with Gasteiger partial charge in [-0.3, -0.25) is 0 Å². The summed E-state index contributed by atoms with van der Waals surface area (Å²) in [6.45, 7) is 10.0. The summed E-state index contributed by atoms with van der Waals surface area (Å²) >= 11 is 0. The highest BCUT2D eigenvalue weighted by atomic mass is 14.6. The first-order valence-corrected chi connectivity index (χ1v) is 4.78. The van der Waals surface area contributed by atoms with Crippen LogP contribution < -0.4 is 5.73 Å². The summed E-state index contributed by atoms with van der Waals surface area (Å²) in [7, 11) is 0. The van der Waals surface area contributed by atoms with Crippen LogP contribution in [0.5, 0.6) is 0 Å². The molecule has 0 saturated heterocycles. The fourth-order valence-corrected chi connectivity index (χ4v) is 1.01. The Labute approximate surface area is 81.3 Å². The smallest absolute Gasteiger partial charge is 0.0390 e. The Balaban J connectivity index is 0.000000671. The van der Waals surface area contributed by atoms with E-state index in [1.807, 2.05) is 38.1 Å². The molecule has 1 aromatic rings. The minimum Gasteiger partial charge on any atom is -0.398 e. The normalized spacial score (nSPS) is 8.54. The minimum atomic E-state index is 0.819. The molecule has 0 amide bonds. The Morgan fingerprint density at radius 2 is 1.85 bits per heavy atom. The summed E-state index contributed by atoms with van der Waals surface area (Å²) in [5, 5.41) is 0. The van der Waals surface area contributed by atoms with Crippen LogP contribution in [0.15, 0.2) is 30.8 Å². The average Bonchev–Trinajstić information content (AvgIpc) is 2.20. The summed E-state index contributed by atoms with van der Waals surface area (Å²) < 4.78 is 0. The number of rotatable bonds is 2. The van der Waals surface area contributed by atoms with E-state index < -0.39 is 0 Å². The number of allylic oxidation sites excluding steroid dienone is 1. The third kappa shape index (κ3) is 3.32. The van der Waals surface area contributed by atoms with Crippen molar-refractivity contribution in [3.63, 3.8) is 0 Å². The van der Waals surface area contributed by atoms with Crippen molar-refractivity contribution in [2.75, 3.05) is 5.73 Å². The lowest BCUT2D eigenvalue weighted by Gasteiger charge is -2.05. The maximum absolute atomic E-state index is 5.74. The third-order valence-corrected chi connectivity index (χ3v) is 1.77. The topological polar surface area (TPSA) is 26.0 Å². The van der Waals surface area contributed by atoms with Crippen LogP contribution >= 0.6 is 0 Å². The first kappa shape index (κ1) is 11.8. The van der Waals surface area contributed by atoms with Crippen LogP contribution in [0.4, 0.5) is 5.69 Å². The van der Waals surface area contributed by atoms with Gasteiger partial charge in [-0.05, 0) is 23.6 Å². The SMILES string of the molecule is C=C(CC)c1ccccc1N.CC. The molecule has 1 heteroatoms. The molecule has 2 N–H and O–H groups in total. The zero-order valence-corrected chi connectivity index (χ0v) is 8.80. The second kappa shape index (κ2) is 6.30. The van der Waals surface area contributed by atoms with Gasteiger partial charge < -0.3 is 5.73 Å². The molecule has 0 aliphatic carbocycles. The highest BCUT2D eigenvalue weighted by Crippen LogP contribution is 2.21. The standard InChI is InChI=1S/C10H13N.C2H6/c1-3-8(2)9-6-4-5-7-10(9)11;1-2/h4-7H,2-3,11H2,1H3;1-2H3. The Kier molecular flexibility index (Phi) is 5.69. The fraction of sp³-hybridized carbons (Fsp3) is 0.333. The van der Waals surface area contributed by atoms with Crippen LogP contribution in [-0.4, -0.2) is 0 Å². The quantitative estimate of drug-likeness (QED) is 0.684. The number of nitrogen functional groups attached to an aromatic ring is 1. The Bertz CT molecular complexity index is 264. The Morgan fingerprint density at radius 1 is 1.31 bits per heavy atom. The second-order valence-electron chi connectivity index (χ2n) is 2.54. The summed E-state index contributed by atoms with van der Waals surface area (Å²) in [5.74, 6) is 0. The van der Waals surface area contributed by atoms with E-state index in [1.54, 1.807) is 0 Å². The highest BCUT2D eigenvalue weighted by Gasteiger charge is 1.98. The lowest BCUT2D eigenvalue weighted by molar-refractivity contribution is 1.25. The maximum atomic E-state index is 5.74. The molecule has 0 heterocycles. The first-order chi connectivity index (χ1) is 6.25. The van der Waals surface area contributed by atoms with E-state index in [0.717, 1.165) is 23.2 Å². The lowest BCUT2D eigenvalue weighted by Crippen LogP contribution is -1.91. The van der Waals surface area contributed by atoms with Crippen LogP contribution in [0.3, 0.4) is 0 Å². The molecule has 13 heavy (non-hydrogen) atoms. The predicted octanol–water partition coefficient (Wildman–Crippen LogP) is 3.72. The molecule has 0 bridgehead atoms. The molecule has 0 radical (unpaired) electrons.